The highest BCUT2D eigenvalue weighted by molar-refractivity contribution is 7.09. The van der Waals surface area contributed by atoms with Gasteiger partial charge in [0.15, 0.2) is 0 Å². The molecule has 0 unspecified atom stereocenters. The maximum absolute atomic E-state index is 12.7. The lowest BCUT2D eigenvalue weighted by molar-refractivity contribution is 0.127. The molecule has 41 heavy (non-hydrogen) atoms. The van der Waals surface area contributed by atoms with Crippen molar-refractivity contribution in [2.45, 2.75) is 45.1 Å². The summed E-state index contributed by atoms with van der Waals surface area (Å²) in [4.78, 5) is 36.8. The van der Waals surface area contributed by atoms with Crippen LogP contribution < -0.4 is 10.6 Å². The standard InChI is InChI=1S/C30H35N5O4S2/c1-2-35(18-25(15-23-9-5-3-6-10-23)33-29(36)38-20-27-17-31-22-41-27)19-26(16-24-11-7-4-8-12-24)34-30(37)39-21-28-32-13-14-40-28/h3-14,17,22,25-26H,2,15-16,18-21H2,1H3,(H,33,36)(H,34,37)/t25-,26+/m0/s1. The molecule has 4 rings (SSSR count). The number of ether oxygens (including phenoxy) is 2. The summed E-state index contributed by atoms with van der Waals surface area (Å²) in [6.45, 7) is 4.25. The lowest BCUT2D eigenvalue weighted by atomic mass is 10.0. The lowest BCUT2D eigenvalue weighted by Gasteiger charge is -2.30. The van der Waals surface area contributed by atoms with Gasteiger partial charge < -0.3 is 20.1 Å². The average Bonchev–Trinajstić information content (AvgIpc) is 3.70. The first-order chi connectivity index (χ1) is 20.1. The van der Waals surface area contributed by atoms with Crippen LogP contribution in [0.1, 0.15) is 27.9 Å². The summed E-state index contributed by atoms with van der Waals surface area (Å²) < 4.78 is 10.9. The fourth-order valence-electron chi connectivity index (χ4n) is 4.39. The third kappa shape index (κ3) is 10.9. The molecule has 2 heterocycles. The minimum atomic E-state index is -0.484. The summed E-state index contributed by atoms with van der Waals surface area (Å²) in [5.74, 6) is 0. The first-order valence-electron chi connectivity index (χ1n) is 13.5. The molecule has 2 N–H and O–H groups in total. The van der Waals surface area contributed by atoms with Gasteiger partial charge in [-0.25, -0.2) is 14.6 Å². The highest BCUT2D eigenvalue weighted by Crippen LogP contribution is 2.11. The molecule has 0 spiro atoms. The number of thiazole rings is 2. The van der Waals surface area contributed by atoms with E-state index in [2.05, 4.69) is 32.4 Å². The van der Waals surface area contributed by atoms with Crippen molar-refractivity contribution >= 4 is 34.9 Å². The zero-order chi connectivity index (χ0) is 28.7. The normalized spacial score (nSPS) is 12.4. The number of alkyl carbamates (subject to hydrolysis) is 2. The molecule has 0 aliphatic rings. The molecule has 2 aromatic heterocycles. The molecular weight excluding hydrogens is 558 g/mol. The van der Waals surface area contributed by atoms with Gasteiger partial charge in [-0.05, 0) is 30.5 Å². The van der Waals surface area contributed by atoms with Crippen LogP contribution >= 0.6 is 22.7 Å². The second-order valence-corrected chi connectivity index (χ2v) is 11.4. The van der Waals surface area contributed by atoms with Crippen molar-refractivity contribution in [1.82, 2.24) is 25.5 Å². The molecule has 2 aromatic carbocycles. The van der Waals surface area contributed by atoms with Crippen molar-refractivity contribution in [3.05, 3.63) is 105 Å². The smallest absolute Gasteiger partial charge is 0.407 e. The van der Waals surface area contributed by atoms with E-state index in [0.717, 1.165) is 27.6 Å². The van der Waals surface area contributed by atoms with Crippen LogP contribution in [0, 0.1) is 0 Å². The second kappa shape index (κ2) is 16.5. The van der Waals surface area contributed by atoms with Crippen molar-refractivity contribution in [1.29, 1.82) is 0 Å². The molecule has 0 radical (unpaired) electrons. The van der Waals surface area contributed by atoms with Gasteiger partial charge in [0.25, 0.3) is 0 Å². The zero-order valence-electron chi connectivity index (χ0n) is 23.0. The monoisotopic (exact) mass is 593 g/mol. The van der Waals surface area contributed by atoms with E-state index in [9.17, 15) is 9.59 Å². The van der Waals surface area contributed by atoms with Gasteiger partial charge in [-0.15, -0.1) is 22.7 Å². The first kappa shape index (κ1) is 30.2. The van der Waals surface area contributed by atoms with Crippen molar-refractivity contribution in [2.75, 3.05) is 19.6 Å². The number of nitrogens with zero attached hydrogens (tertiary/aromatic N) is 3. The topological polar surface area (TPSA) is 106 Å². The Morgan fingerprint density at radius 3 is 1.93 bits per heavy atom. The predicted octanol–water partition coefficient (Wildman–Crippen LogP) is 5.30. The Hall–Kier alpha value is -3.80. The number of aromatic nitrogens is 2. The summed E-state index contributed by atoms with van der Waals surface area (Å²) in [6, 6.07) is 19.7. The van der Waals surface area contributed by atoms with Crippen LogP contribution in [-0.4, -0.2) is 58.8 Å². The summed E-state index contributed by atoms with van der Waals surface area (Å²) in [5.41, 5.74) is 3.93. The van der Waals surface area contributed by atoms with E-state index >= 15 is 0 Å². The minimum absolute atomic E-state index is 0.131. The molecule has 0 aliphatic carbocycles. The third-order valence-corrected chi connectivity index (χ3v) is 7.84. The molecule has 0 aliphatic heterocycles. The molecule has 0 saturated heterocycles. The molecule has 4 aromatic rings. The van der Waals surface area contributed by atoms with Gasteiger partial charge in [-0.1, -0.05) is 67.6 Å². The number of benzene rings is 2. The quantitative estimate of drug-likeness (QED) is 0.193. The number of carbonyl (C=O) groups excluding carboxylic acids is 2. The molecule has 2 amide bonds. The van der Waals surface area contributed by atoms with E-state index in [0.29, 0.717) is 25.9 Å². The van der Waals surface area contributed by atoms with Gasteiger partial charge in [0.05, 0.1) is 10.4 Å². The maximum Gasteiger partial charge on any atom is 0.407 e. The van der Waals surface area contributed by atoms with Crippen LogP contribution in [0.3, 0.4) is 0 Å². The minimum Gasteiger partial charge on any atom is -0.444 e. The van der Waals surface area contributed by atoms with Gasteiger partial charge in [0, 0.05) is 42.9 Å². The van der Waals surface area contributed by atoms with Crippen LogP contribution in [0.15, 0.2) is 83.9 Å². The fraction of sp³-hybridized carbons (Fsp3) is 0.333. The SMILES string of the molecule is CCN(C[C@@H](Cc1ccccc1)NC(=O)OCc1nccs1)C[C@H](Cc1ccccc1)NC(=O)OCc1cncs1. The molecule has 216 valence electrons. The fourth-order valence-corrected chi connectivity index (χ4v) is 5.43. The Kier molecular flexibility index (Phi) is 12.1. The lowest BCUT2D eigenvalue weighted by Crippen LogP contribution is -2.50. The second-order valence-electron chi connectivity index (χ2n) is 9.46. The average molecular weight is 594 g/mol. The maximum atomic E-state index is 12.7. The summed E-state index contributed by atoms with van der Waals surface area (Å²) in [5, 5.41) is 8.70. The Bertz CT molecular complexity index is 1190. The molecule has 2 atom stereocenters. The number of nitrogens with one attached hydrogen (secondary N) is 2. The van der Waals surface area contributed by atoms with Crippen LogP contribution in [0.5, 0.6) is 0 Å². The van der Waals surface area contributed by atoms with Crippen molar-refractivity contribution in [3.63, 3.8) is 0 Å². The zero-order valence-corrected chi connectivity index (χ0v) is 24.6. The van der Waals surface area contributed by atoms with Crippen LogP contribution in [-0.2, 0) is 35.5 Å². The Labute approximate surface area is 248 Å². The van der Waals surface area contributed by atoms with Gasteiger partial charge in [-0.2, -0.15) is 0 Å². The Balaban J connectivity index is 1.41. The molecular formula is C30H35N5O4S2. The number of likely N-dealkylation sites (N-methyl/N-ethyl adjacent to an activating group) is 1. The van der Waals surface area contributed by atoms with E-state index in [4.69, 9.17) is 9.47 Å². The number of rotatable bonds is 15. The van der Waals surface area contributed by atoms with Gasteiger partial charge in [0.1, 0.15) is 18.2 Å². The van der Waals surface area contributed by atoms with E-state index < -0.39 is 12.2 Å². The third-order valence-electron chi connectivity index (χ3n) is 6.34. The largest absolute Gasteiger partial charge is 0.444 e. The van der Waals surface area contributed by atoms with E-state index in [1.54, 1.807) is 17.9 Å². The van der Waals surface area contributed by atoms with E-state index in [-0.39, 0.29) is 25.3 Å². The highest BCUT2D eigenvalue weighted by atomic mass is 32.1. The molecule has 9 nitrogen and oxygen atoms in total. The van der Waals surface area contributed by atoms with Gasteiger partial charge >= 0.3 is 12.2 Å². The molecule has 0 bridgehead atoms. The van der Waals surface area contributed by atoms with Crippen molar-refractivity contribution in [3.8, 4) is 0 Å². The number of hydrogen-bond acceptors (Lipinski definition) is 9. The molecule has 11 heteroatoms. The van der Waals surface area contributed by atoms with Crippen LogP contribution in [0.2, 0.25) is 0 Å². The van der Waals surface area contributed by atoms with Crippen molar-refractivity contribution in [2.24, 2.45) is 0 Å². The number of amides is 2. The van der Waals surface area contributed by atoms with Crippen molar-refractivity contribution < 1.29 is 19.1 Å². The summed E-state index contributed by atoms with van der Waals surface area (Å²) in [7, 11) is 0. The summed E-state index contributed by atoms with van der Waals surface area (Å²) in [6.07, 6.45) is 3.70. The van der Waals surface area contributed by atoms with E-state index in [1.165, 1.54) is 22.7 Å². The molecule has 0 saturated carbocycles. The summed E-state index contributed by atoms with van der Waals surface area (Å²) >= 11 is 2.89. The predicted molar refractivity (Wildman–Crippen MR) is 161 cm³/mol. The number of carbonyl (C=O) groups is 2. The van der Waals surface area contributed by atoms with E-state index in [1.807, 2.05) is 66.0 Å². The number of hydrogen-bond donors (Lipinski definition) is 2. The van der Waals surface area contributed by atoms with Gasteiger partial charge in [0.2, 0.25) is 0 Å². The highest BCUT2D eigenvalue weighted by Gasteiger charge is 2.22. The Morgan fingerprint density at radius 1 is 0.854 bits per heavy atom. The van der Waals surface area contributed by atoms with Crippen LogP contribution in [0.25, 0.3) is 0 Å². The first-order valence-corrected chi connectivity index (χ1v) is 15.3. The van der Waals surface area contributed by atoms with Gasteiger partial charge in [-0.3, -0.25) is 9.88 Å². The Morgan fingerprint density at radius 2 is 1.44 bits per heavy atom. The van der Waals surface area contributed by atoms with Crippen LogP contribution in [0.4, 0.5) is 9.59 Å². The molecule has 0 fully saturated rings.